The second-order valence-corrected chi connectivity index (χ2v) is 14.1. The number of anilines is 2. The van der Waals surface area contributed by atoms with E-state index < -0.39 is 29.7 Å². The maximum atomic E-state index is 13.8. The van der Waals surface area contributed by atoms with Crippen LogP contribution in [0.25, 0.3) is 22.1 Å². The molecule has 1 aliphatic heterocycles. The van der Waals surface area contributed by atoms with Gasteiger partial charge in [0.15, 0.2) is 0 Å². The van der Waals surface area contributed by atoms with E-state index >= 15 is 0 Å². The molecular formula is C40H42N14O6. The lowest BCUT2D eigenvalue weighted by Gasteiger charge is -2.21. The second-order valence-electron chi connectivity index (χ2n) is 14.1. The number of aryl methyl sites for hydroxylation is 4. The van der Waals surface area contributed by atoms with Crippen molar-refractivity contribution in [2.45, 2.75) is 59.9 Å². The van der Waals surface area contributed by atoms with Crippen LogP contribution in [0.4, 0.5) is 11.9 Å². The standard InChI is InChI=1S/C40H42N14O6/c1-5-53-29(13-22(3)48-53)37(57)46-39-44-27-15-24(35(41)55)17-31-33(27)51(39)10-7-8-11-52-34-28(45-40(52)47-38(58)30-14-23(4)49-54(30)6-2)16-25(36(42)56)18-32(34)60-20-26(19-59-31)50-12-9-43-21-50/h7-9,12-18,21,26H,5-6,10-11,19-20H2,1-4H3,(H2,41,55)(H2,42,56)(H,44,46,57)(H,45,47,58)/b8-7+. The van der Waals surface area contributed by atoms with Crippen LogP contribution in [0.2, 0.25) is 0 Å². The van der Waals surface area contributed by atoms with E-state index in [0.717, 1.165) is 0 Å². The molecule has 1 aliphatic rings. The van der Waals surface area contributed by atoms with Gasteiger partial charge in [-0.1, -0.05) is 12.2 Å². The van der Waals surface area contributed by atoms with Gasteiger partial charge in [0.2, 0.25) is 23.7 Å². The van der Waals surface area contributed by atoms with Crippen LogP contribution in [0.1, 0.15) is 73.0 Å². The SMILES string of the molecule is CCn1nc(C)cc1C(=O)Nc1nc2cc(C(N)=O)cc3c2n1C/C=C/Cn1c(NC(=O)c2cc(C)nn2CC)nc2cc(C(N)=O)cc(c21)OCC(n1ccnc1)CO3. The smallest absolute Gasteiger partial charge is 0.276 e. The van der Waals surface area contributed by atoms with Gasteiger partial charge in [-0.3, -0.25) is 39.2 Å². The minimum Gasteiger partial charge on any atom is -0.489 e. The van der Waals surface area contributed by atoms with Crippen molar-refractivity contribution in [3.63, 3.8) is 0 Å². The minimum atomic E-state index is -0.699. The Kier molecular flexibility index (Phi) is 10.3. The summed E-state index contributed by atoms with van der Waals surface area (Å²) < 4.78 is 21.6. The molecule has 0 bridgehead atoms. The second kappa shape index (κ2) is 15.9. The fourth-order valence-corrected chi connectivity index (χ4v) is 7.22. The number of allylic oxidation sites excluding steroid dienone is 2. The molecule has 20 heteroatoms. The fourth-order valence-electron chi connectivity index (χ4n) is 7.22. The Bertz CT molecular complexity index is 2670. The molecule has 0 saturated carbocycles. The summed E-state index contributed by atoms with van der Waals surface area (Å²) in [7, 11) is 0. The maximum absolute atomic E-state index is 13.8. The van der Waals surface area contributed by atoms with Crippen molar-refractivity contribution in [1.82, 2.24) is 48.2 Å². The number of rotatable bonds is 9. The summed E-state index contributed by atoms with van der Waals surface area (Å²) in [6.45, 7) is 8.63. The highest BCUT2D eigenvalue weighted by Crippen LogP contribution is 2.34. The van der Waals surface area contributed by atoms with E-state index in [4.69, 9.17) is 30.9 Å². The molecule has 0 radical (unpaired) electrons. The molecule has 0 unspecified atom stereocenters. The van der Waals surface area contributed by atoms with E-state index in [9.17, 15) is 19.2 Å². The molecule has 0 aliphatic carbocycles. The Morgan fingerprint density at radius 2 is 1.18 bits per heavy atom. The summed E-state index contributed by atoms with van der Waals surface area (Å²) in [6, 6.07) is 9.01. The fraction of sp³-hybridized carbons (Fsp3) is 0.275. The highest BCUT2D eigenvalue weighted by atomic mass is 16.5. The highest BCUT2D eigenvalue weighted by Gasteiger charge is 2.26. The predicted octanol–water partition coefficient (Wildman–Crippen LogP) is 3.60. The van der Waals surface area contributed by atoms with Crippen molar-refractivity contribution < 1.29 is 28.7 Å². The summed E-state index contributed by atoms with van der Waals surface area (Å²) in [4.78, 5) is 66.5. The average molecular weight is 815 g/mol. The number of hydrogen-bond acceptors (Lipinski definition) is 11. The first-order chi connectivity index (χ1) is 28.9. The van der Waals surface area contributed by atoms with E-state index in [1.54, 1.807) is 79.9 Å². The van der Waals surface area contributed by atoms with Crippen LogP contribution in [-0.2, 0) is 26.2 Å². The van der Waals surface area contributed by atoms with Gasteiger partial charge in [-0.05, 0) is 64.1 Å². The number of primary amides is 2. The van der Waals surface area contributed by atoms with E-state index in [-0.39, 0.29) is 60.8 Å². The number of nitrogens with one attached hydrogen (secondary N) is 2. The van der Waals surface area contributed by atoms with Crippen LogP contribution >= 0.6 is 0 Å². The van der Waals surface area contributed by atoms with Crippen LogP contribution in [0.15, 0.2) is 67.3 Å². The van der Waals surface area contributed by atoms with Crippen molar-refractivity contribution in [2.24, 2.45) is 11.5 Å². The van der Waals surface area contributed by atoms with Crippen molar-refractivity contribution >= 4 is 57.6 Å². The number of hydrogen-bond donors (Lipinski definition) is 4. The molecule has 7 aromatic rings. The molecule has 8 rings (SSSR count). The number of carbonyl (C=O) groups excluding carboxylic acids is 4. The highest BCUT2D eigenvalue weighted by molar-refractivity contribution is 6.05. The number of nitrogens with two attached hydrogens (primary N) is 2. The summed E-state index contributed by atoms with van der Waals surface area (Å²) in [5.74, 6) is -1.37. The molecule has 2 aromatic carbocycles. The van der Waals surface area contributed by atoms with Crippen LogP contribution in [-0.4, -0.2) is 85.1 Å². The molecule has 5 aromatic heterocycles. The molecule has 0 spiro atoms. The molecule has 4 amide bonds. The van der Waals surface area contributed by atoms with E-state index in [2.05, 4.69) is 25.8 Å². The zero-order valence-corrected chi connectivity index (χ0v) is 33.2. The third kappa shape index (κ3) is 7.40. The molecular weight excluding hydrogens is 773 g/mol. The molecule has 0 atom stereocenters. The summed E-state index contributed by atoms with van der Waals surface area (Å²) >= 11 is 0. The Hall–Kier alpha value is -7.77. The van der Waals surface area contributed by atoms with Gasteiger partial charge in [-0.15, -0.1) is 0 Å². The Morgan fingerprint density at radius 1 is 0.717 bits per heavy atom. The molecule has 60 heavy (non-hydrogen) atoms. The third-order valence-corrected chi connectivity index (χ3v) is 10.1. The Morgan fingerprint density at radius 3 is 1.58 bits per heavy atom. The lowest BCUT2D eigenvalue weighted by Crippen LogP contribution is -2.24. The van der Waals surface area contributed by atoms with Gasteiger partial charge in [0.25, 0.3) is 11.8 Å². The molecule has 0 fully saturated rings. The molecule has 0 saturated heterocycles. The van der Waals surface area contributed by atoms with Crippen molar-refractivity contribution in [3.8, 4) is 11.5 Å². The van der Waals surface area contributed by atoms with Gasteiger partial charge in [-0.2, -0.15) is 10.2 Å². The van der Waals surface area contributed by atoms with Crippen molar-refractivity contribution in [1.29, 1.82) is 0 Å². The van der Waals surface area contributed by atoms with Crippen molar-refractivity contribution in [2.75, 3.05) is 23.8 Å². The largest absolute Gasteiger partial charge is 0.489 e. The lowest BCUT2D eigenvalue weighted by molar-refractivity contribution is 0.0991. The van der Waals surface area contributed by atoms with Crippen LogP contribution in [0.5, 0.6) is 11.5 Å². The van der Waals surface area contributed by atoms with Gasteiger partial charge >= 0.3 is 0 Å². The summed E-state index contributed by atoms with van der Waals surface area (Å²) in [5, 5.41) is 14.7. The monoisotopic (exact) mass is 814 g/mol. The number of imidazole rings is 3. The first kappa shape index (κ1) is 39.1. The first-order valence-electron chi connectivity index (χ1n) is 19.2. The first-order valence-corrected chi connectivity index (χ1v) is 19.2. The van der Waals surface area contributed by atoms with Gasteiger partial charge in [-0.25, -0.2) is 15.0 Å². The summed E-state index contributed by atoms with van der Waals surface area (Å²) in [6.07, 6.45) is 8.68. The number of benzene rings is 2. The van der Waals surface area contributed by atoms with Gasteiger partial charge < -0.3 is 34.6 Å². The van der Waals surface area contributed by atoms with Crippen molar-refractivity contribution in [3.05, 3.63) is 101 Å². The number of nitrogens with zero attached hydrogens (tertiary/aromatic N) is 10. The van der Waals surface area contributed by atoms with E-state index in [0.29, 0.717) is 57.9 Å². The Labute approximate surface area is 341 Å². The summed E-state index contributed by atoms with van der Waals surface area (Å²) in [5.41, 5.74) is 15.6. The molecule has 20 nitrogen and oxygen atoms in total. The third-order valence-electron chi connectivity index (χ3n) is 10.1. The van der Waals surface area contributed by atoms with E-state index in [1.807, 2.05) is 26.0 Å². The number of carbonyl (C=O) groups is 4. The molecule has 6 N–H and O–H groups in total. The van der Waals surface area contributed by atoms with Crippen LogP contribution < -0.4 is 31.6 Å². The van der Waals surface area contributed by atoms with Gasteiger partial charge in [0.05, 0.1) is 28.7 Å². The zero-order chi connectivity index (χ0) is 42.2. The van der Waals surface area contributed by atoms with Crippen LogP contribution in [0.3, 0.4) is 0 Å². The molecule has 308 valence electrons. The lowest BCUT2D eigenvalue weighted by atomic mass is 10.1. The quantitative estimate of drug-likeness (QED) is 0.153. The maximum Gasteiger partial charge on any atom is 0.276 e. The van der Waals surface area contributed by atoms with Gasteiger partial charge in [0.1, 0.15) is 53.2 Å². The number of ether oxygens (including phenoxy) is 2. The average Bonchev–Trinajstić information content (AvgIpc) is 4.06. The Balaban J connectivity index is 1.27. The van der Waals surface area contributed by atoms with Gasteiger partial charge in [0, 0.05) is 49.7 Å². The molecule has 6 heterocycles. The zero-order valence-electron chi connectivity index (χ0n) is 33.2. The number of amides is 4. The minimum absolute atomic E-state index is 0.00486. The van der Waals surface area contributed by atoms with E-state index in [1.165, 1.54) is 12.1 Å². The predicted molar refractivity (Wildman–Crippen MR) is 219 cm³/mol. The number of aromatic nitrogens is 10. The normalized spacial score (nSPS) is 13.9. The topological polar surface area (TPSA) is 252 Å². The van der Waals surface area contributed by atoms with Crippen LogP contribution in [0, 0.1) is 13.8 Å².